The molecular weight excluding hydrogens is 306 g/mol. The van der Waals surface area contributed by atoms with Crippen molar-refractivity contribution in [3.8, 4) is 0 Å². The number of Topliss-reactive ketones (excluding diaryl/α,β-unsaturated/α-hetero) is 1. The van der Waals surface area contributed by atoms with Crippen LogP contribution in [0.1, 0.15) is 46.6 Å². The lowest BCUT2D eigenvalue weighted by molar-refractivity contribution is -0.126. The van der Waals surface area contributed by atoms with Crippen molar-refractivity contribution in [2.45, 2.75) is 65.2 Å². The zero-order valence-electron chi connectivity index (χ0n) is 15.2. The van der Waals surface area contributed by atoms with Gasteiger partial charge in [0.1, 0.15) is 11.4 Å². The summed E-state index contributed by atoms with van der Waals surface area (Å²) in [4.78, 5) is 24.0. The molecule has 2 N–H and O–H groups in total. The largest absolute Gasteiger partial charge is 0.444 e. The van der Waals surface area contributed by atoms with Crippen LogP contribution in [0.4, 0.5) is 4.79 Å². The molecule has 1 aromatic rings. The number of rotatable bonds is 7. The summed E-state index contributed by atoms with van der Waals surface area (Å²) in [6.07, 6.45) is -0.811. The van der Waals surface area contributed by atoms with E-state index >= 15 is 0 Å². The second kappa shape index (κ2) is 8.83. The van der Waals surface area contributed by atoms with Crippen LogP contribution >= 0.6 is 0 Å². The third kappa shape index (κ3) is 6.71. The maximum Gasteiger partial charge on any atom is 0.407 e. The Morgan fingerprint density at radius 2 is 1.79 bits per heavy atom. The summed E-state index contributed by atoms with van der Waals surface area (Å²) < 4.78 is 5.28. The lowest BCUT2D eigenvalue weighted by atomic mass is 9.89. The van der Waals surface area contributed by atoms with E-state index in [9.17, 15) is 14.7 Å². The first-order valence-electron chi connectivity index (χ1n) is 8.38. The molecule has 0 unspecified atom stereocenters. The van der Waals surface area contributed by atoms with Crippen molar-refractivity contribution >= 4 is 11.9 Å². The van der Waals surface area contributed by atoms with E-state index in [0.717, 1.165) is 5.56 Å². The number of carbonyl (C=O) groups excluding carboxylic acids is 2. The van der Waals surface area contributed by atoms with Gasteiger partial charge in [0.2, 0.25) is 0 Å². The minimum Gasteiger partial charge on any atom is -0.444 e. The van der Waals surface area contributed by atoms with Gasteiger partial charge in [-0.25, -0.2) is 4.79 Å². The second-order valence-electron chi connectivity index (χ2n) is 7.04. The van der Waals surface area contributed by atoms with Crippen molar-refractivity contribution < 1.29 is 19.4 Å². The molecule has 24 heavy (non-hydrogen) atoms. The number of benzene rings is 1. The van der Waals surface area contributed by atoms with Gasteiger partial charge in [-0.1, -0.05) is 44.2 Å². The molecule has 0 aliphatic carbocycles. The monoisotopic (exact) mass is 335 g/mol. The number of ketones is 1. The van der Waals surface area contributed by atoms with E-state index in [1.807, 2.05) is 30.3 Å². The molecular formula is C19H29NO4. The highest BCUT2D eigenvalue weighted by Gasteiger charge is 2.31. The standard InChI is InChI=1S/C19H29NO4/c1-6-16(21)13(2)17(22)15(12-14-10-8-7-9-11-14)20-18(23)24-19(3,4)5/h7-11,13,15,17,22H,6,12H2,1-5H3,(H,20,23)/t13-,15-,17+/m0/s1. The summed E-state index contributed by atoms with van der Waals surface area (Å²) in [5.41, 5.74) is 0.339. The number of aliphatic hydroxyl groups is 1. The lowest BCUT2D eigenvalue weighted by Crippen LogP contribution is -2.50. The van der Waals surface area contributed by atoms with Gasteiger partial charge < -0.3 is 15.2 Å². The Morgan fingerprint density at radius 3 is 2.29 bits per heavy atom. The summed E-state index contributed by atoms with van der Waals surface area (Å²) >= 11 is 0. The molecule has 1 rings (SSSR count). The van der Waals surface area contributed by atoms with E-state index in [1.165, 1.54) is 0 Å². The van der Waals surface area contributed by atoms with Crippen LogP contribution in [0.25, 0.3) is 0 Å². The predicted octanol–water partition coefficient (Wildman–Crippen LogP) is 3.10. The van der Waals surface area contributed by atoms with Gasteiger partial charge in [0.15, 0.2) is 0 Å². The van der Waals surface area contributed by atoms with E-state index in [0.29, 0.717) is 12.8 Å². The molecule has 0 aliphatic heterocycles. The Labute approximate surface area is 144 Å². The second-order valence-corrected chi connectivity index (χ2v) is 7.04. The van der Waals surface area contributed by atoms with Gasteiger partial charge in [-0.15, -0.1) is 0 Å². The molecule has 0 aromatic heterocycles. The average Bonchev–Trinajstić information content (AvgIpc) is 2.51. The first-order chi connectivity index (χ1) is 11.1. The Bertz CT molecular complexity index is 536. The third-order valence-corrected chi connectivity index (χ3v) is 3.78. The van der Waals surface area contributed by atoms with Crippen molar-refractivity contribution in [1.82, 2.24) is 5.32 Å². The maximum atomic E-state index is 12.1. The molecule has 0 radical (unpaired) electrons. The number of ether oxygens (including phenoxy) is 1. The summed E-state index contributed by atoms with van der Waals surface area (Å²) in [5.74, 6) is -0.592. The SMILES string of the molecule is CCC(=O)[C@H](C)[C@@H](O)[C@H](Cc1ccccc1)NC(=O)OC(C)(C)C. The van der Waals surface area contributed by atoms with Crippen molar-refractivity contribution in [3.63, 3.8) is 0 Å². The zero-order valence-corrected chi connectivity index (χ0v) is 15.2. The first-order valence-corrected chi connectivity index (χ1v) is 8.38. The van der Waals surface area contributed by atoms with E-state index in [2.05, 4.69) is 5.32 Å². The molecule has 5 nitrogen and oxygen atoms in total. The van der Waals surface area contributed by atoms with Gasteiger partial charge in [-0.05, 0) is 32.8 Å². The van der Waals surface area contributed by atoms with E-state index < -0.39 is 29.8 Å². The maximum absolute atomic E-state index is 12.1. The first kappa shape index (κ1) is 20.2. The van der Waals surface area contributed by atoms with E-state index in [-0.39, 0.29) is 5.78 Å². The molecule has 0 aliphatic rings. The Morgan fingerprint density at radius 1 is 1.21 bits per heavy atom. The van der Waals surface area contributed by atoms with E-state index in [4.69, 9.17) is 4.74 Å². The molecule has 5 heteroatoms. The van der Waals surface area contributed by atoms with Gasteiger partial charge in [0, 0.05) is 12.3 Å². The van der Waals surface area contributed by atoms with Gasteiger partial charge in [-0.3, -0.25) is 4.79 Å². The van der Waals surface area contributed by atoms with Gasteiger partial charge >= 0.3 is 6.09 Å². The number of hydrogen-bond acceptors (Lipinski definition) is 4. The summed E-state index contributed by atoms with van der Waals surface area (Å²) in [6, 6.07) is 8.93. The summed E-state index contributed by atoms with van der Waals surface area (Å²) in [5, 5.41) is 13.3. The van der Waals surface area contributed by atoms with Crippen LogP contribution in [0, 0.1) is 5.92 Å². The fraction of sp³-hybridized carbons (Fsp3) is 0.579. The van der Waals surface area contributed by atoms with Crippen LogP contribution in [0.15, 0.2) is 30.3 Å². The topological polar surface area (TPSA) is 75.6 Å². The molecule has 0 heterocycles. The Balaban J connectivity index is 2.90. The number of aliphatic hydroxyl groups excluding tert-OH is 1. The van der Waals surface area contributed by atoms with Crippen molar-refractivity contribution in [1.29, 1.82) is 0 Å². The fourth-order valence-corrected chi connectivity index (χ4v) is 2.45. The van der Waals surface area contributed by atoms with Crippen LogP contribution < -0.4 is 5.32 Å². The smallest absolute Gasteiger partial charge is 0.407 e. The number of nitrogens with one attached hydrogen (secondary N) is 1. The highest BCUT2D eigenvalue weighted by Crippen LogP contribution is 2.16. The van der Waals surface area contributed by atoms with Gasteiger partial charge in [0.05, 0.1) is 12.1 Å². The summed E-state index contributed by atoms with van der Waals surface area (Å²) in [7, 11) is 0. The van der Waals surface area contributed by atoms with Gasteiger partial charge in [0.25, 0.3) is 0 Å². The Hall–Kier alpha value is -1.88. The molecule has 0 saturated carbocycles. The molecule has 0 fully saturated rings. The number of alkyl carbamates (subject to hydrolysis) is 1. The molecule has 3 atom stereocenters. The van der Waals surface area contributed by atoms with Crippen LogP contribution in [0.2, 0.25) is 0 Å². The third-order valence-electron chi connectivity index (χ3n) is 3.78. The number of amides is 1. The fourth-order valence-electron chi connectivity index (χ4n) is 2.45. The minimum atomic E-state index is -0.981. The lowest BCUT2D eigenvalue weighted by Gasteiger charge is -2.29. The molecule has 0 spiro atoms. The van der Waals surface area contributed by atoms with Crippen LogP contribution in [0.5, 0.6) is 0 Å². The minimum absolute atomic E-state index is 0.0356. The van der Waals surface area contributed by atoms with E-state index in [1.54, 1.807) is 34.6 Å². The van der Waals surface area contributed by atoms with Crippen molar-refractivity contribution in [3.05, 3.63) is 35.9 Å². The molecule has 0 saturated heterocycles. The average molecular weight is 335 g/mol. The Kier molecular flexibility index (Phi) is 7.42. The number of hydrogen-bond donors (Lipinski definition) is 2. The quantitative estimate of drug-likeness (QED) is 0.803. The van der Waals surface area contributed by atoms with Crippen LogP contribution in [0.3, 0.4) is 0 Å². The van der Waals surface area contributed by atoms with Crippen molar-refractivity contribution in [2.24, 2.45) is 5.92 Å². The molecule has 1 aromatic carbocycles. The van der Waals surface area contributed by atoms with Gasteiger partial charge in [-0.2, -0.15) is 0 Å². The van der Waals surface area contributed by atoms with Crippen molar-refractivity contribution in [2.75, 3.05) is 0 Å². The highest BCUT2D eigenvalue weighted by atomic mass is 16.6. The molecule has 0 bridgehead atoms. The summed E-state index contributed by atoms with van der Waals surface area (Å²) in [6.45, 7) is 8.78. The normalized spacial score (nSPS) is 15.2. The zero-order chi connectivity index (χ0) is 18.3. The van der Waals surface area contributed by atoms with Crippen LogP contribution in [-0.2, 0) is 16.0 Å². The van der Waals surface area contributed by atoms with Crippen LogP contribution in [-0.4, -0.2) is 34.7 Å². The molecule has 1 amide bonds. The molecule has 134 valence electrons. The highest BCUT2D eigenvalue weighted by molar-refractivity contribution is 5.81. The predicted molar refractivity (Wildman–Crippen MR) is 93.8 cm³/mol. The number of carbonyl (C=O) groups is 2.